The van der Waals surface area contributed by atoms with E-state index < -0.39 is 0 Å². The number of ketones is 1. The first kappa shape index (κ1) is 22.3. The molecule has 1 aliphatic rings. The Labute approximate surface area is 161 Å². The van der Waals surface area contributed by atoms with E-state index in [2.05, 4.69) is 5.32 Å². The zero-order valence-electron chi connectivity index (χ0n) is 15.7. The molecule has 1 unspecified atom stereocenters. The Kier molecular flexibility index (Phi) is 9.44. The van der Waals surface area contributed by atoms with E-state index in [1.54, 1.807) is 25.3 Å². The molecule has 2 rings (SSSR count). The Hall–Kier alpha value is -1.79. The number of nitrogens with one attached hydrogen (secondary N) is 1. The molecule has 1 atom stereocenters. The third kappa shape index (κ3) is 6.18. The number of ether oxygens (including phenoxy) is 2. The summed E-state index contributed by atoms with van der Waals surface area (Å²) in [4.78, 5) is 25.6. The van der Waals surface area contributed by atoms with Crippen molar-refractivity contribution in [2.75, 3.05) is 40.4 Å². The molecule has 26 heavy (non-hydrogen) atoms. The van der Waals surface area contributed by atoms with Gasteiger partial charge in [0.1, 0.15) is 0 Å². The van der Waals surface area contributed by atoms with Crippen LogP contribution in [0.4, 0.5) is 0 Å². The van der Waals surface area contributed by atoms with Crippen LogP contribution >= 0.6 is 12.4 Å². The first-order valence-corrected chi connectivity index (χ1v) is 8.79. The fraction of sp³-hybridized carbons (Fsp3) is 0.579. The summed E-state index contributed by atoms with van der Waals surface area (Å²) in [5, 5.41) is 3.17. The van der Waals surface area contributed by atoms with Crippen molar-refractivity contribution in [2.45, 2.75) is 26.2 Å². The second kappa shape index (κ2) is 11.0. The smallest absolute Gasteiger partial charge is 0.222 e. The lowest BCUT2D eigenvalue weighted by molar-refractivity contribution is -0.130. The molecule has 7 heteroatoms. The summed E-state index contributed by atoms with van der Waals surface area (Å²) < 4.78 is 11.0. The number of halogens is 1. The highest BCUT2D eigenvalue weighted by Gasteiger charge is 2.25. The number of methoxy groups -OCH3 is 1. The molecule has 0 bridgehead atoms. The van der Waals surface area contributed by atoms with Crippen LogP contribution < -0.4 is 14.8 Å². The van der Waals surface area contributed by atoms with Crippen molar-refractivity contribution in [1.29, 1.82) is 0 Å². The second-order valence-corrected chi connectivity index (χ2v) is 6.43. The molecular formula is C19H29ClN2O4. The molecule has 1 saturated heterocycles. The number of benzene rings is 1. The first-order valence-electron chi connectivity index (χ1n) is 8.79. The van der Waals surface area contributed by atoms with E-state index in [1.807, 2.05) is 11.9 Å². The zero-order valence-corrected chi connectivity index (χ0v) is 16.6. The van der Waals surface area contributed by atoms with E-state index in [0.717, 1.165) is 26.1 Å². The predicted molar refractivity (Wildman–Crippen MR) is 104 cm³/mol. The molecule has 1 aliphatic heterocycles. The molecule has 1 fully saturated rings. The standard InChI is InChI=1S/C19H28N2O4.ClH/c1-14(22)16-6-7-17(18(11-16)24-3)25-10-4-5-19(23)21-9-8-15(13-21)12-20-2;/h6-7,11,15,20H,4-5,8-10,12-13H2,1-3H3;1H. The summed E-state index contributed by atoms with van der Waals surface area (Å²) in [6.45, 7) is 4.62. The maximum atomic E-state index is 12.2. The van der Waals surface area contributed by atoms with Crippen molar-refractivity contribution in [3.05, 3.63) is 23.8 Å². The van der Waals surface area contributed by atoms with Crippen LogP contribution in [0.25, 0.3) is 0 Å². The van der Waals surface area contributed by atoms with Gasteiger partial charge in [-0.3, -0.25) is 9.59 Å². The van der Waals surface area contributed by atoms with Gasteiger partial charge < -0.3 is 19.7 Å². The quantitative estimate of drug-likeness (QED) is 0.523. The van der Waals surface area contributed by atoms with Crippen LogP contribution in [-0.2, 0) is 4.79 Å². The van der Waals surface area contributed by atoms with Gasteiger partial charge in [0.2, 0.25) is 5.91 Å². The van der Waals surface area contributed by atoms with Gasteiger partial charge >= 0.3 is 0 Å². The van der Waals surface area contributed by atoms with Crippen molar-refractivity contribution >= 4 is 24.1 Å². The van der Waals surface area contributed by atoms with Gasteiger partial charge in [-0.25, -0.2) is 0 Å². The molecular weight excluding hydrogens is 356 g/mol. The highest BCUT2D eigenvalue weighted by atomic mass is 35.5. The van der Waals surface area contributed by atoms with Crippen molar-refractivity contribution in [2.24, 2.45) is 5.92 Å². The number of nitrogens with zero attached hydrogens (tertiary/aromatic N) is 1. The van der Waals surface area contributed by atoms with Gasteiger partial charge in [0.05, 0.1) is 13.7 Å². The lowest BCUT2D eigenvalue weighted by atomic mass is 10.1. The molecule has 0 radical (unpaired) electrons. The Morgan fingerprint density at radius 3 is 2.73 bits per heavy atom. The number of hydrogen-bond acceptors (Lipinski definition) is 5. The maximum Gasteiger partial charge on any atom is 0.222 e. The van der Waals surface area contributed by atoms with Gasteiger partial charge in [-0.2, -0.15) is 0 Å². The number of hydrogen-bond donors (Lipinski definition) is 1. The van der Waals surface area contributed by atoms with Gasteiger partial charge in [0, 0.05) is 25.1 Å². The third-order valence-corrected chi connectivity index (χ3v) is 4.49. The lowest BCUT2D eigenvalue weighted by Crippen LogP contribution is -2.30. The van der Waals surface area contributed by atoms with Crippen LogP contribution in [-0.4, -0.2) is 57.0 Å². The Balaban J connectivity index is 0.00000338. The van der Waals surface area contributed by atoms with Gasteiger partial charge in [-0.15, -0.1) is 12.4 Å². The van der Waals surface area contributed by atoms with Crippen LogP contribution in [0, 0.1) is 5.92 Å². The van der Waals surface area contributed by atoms with Crippen molar-refractivity contribution in [3.8, 4) is 11.5 Å². The molecule has 0 aromatic heterocycles. The van der Waals surface area contributed by atoms with Gasteiger partial charge in [0.25, 0.3) is 0 Å². The third-order valence-electron chi connectivity index (χ3n) is 4.49. The number of carbonyl (C=O) groups excluding carboxylic acids is 2. The molecule has 6 nitrogen and oxygen atoms in total. The minimum atomic E-state index is -0.0161. The summed E-state index contributed by atoms with van der Waals surface area (Å²) in [6.07, 6.45) is 2.21. The minimum absolute atomic E-state index is 0. The first-order chi connectivity index (χ1) is 12.0. The van der Waals surface area contributed by atoms with Crippen LogP contribution in [0.2, 0.25) is 0 Å². The van der Waals surface area contributed by atoms with Gasteiger partial charge in [0.15, 0.2) is 17.3 Å². The van der Waals surface area contributed by atoms with E-state index in [0.29, 0.717) is 42.4 Å². The Morgan fingerprint density at radius 2 is 2.08 bits per heavy atom. The van der Waals surface area contributed by atoms with E-state index >= 15 is 0 Å². The lowest BCUT2D eigenvalue weighted by Gasteiger charge is -2.17. The highest BCUT2D eigenvalue weighted by molar-refractivity contribution is 5.94. The van der Waals surface area contributed by atoms with Crippen LogP contribution in [0.1, 0.15) is 36.5 Å². The summed E-state index contributed by atoms with van der Waals surface area (Å²) in [5.41, 5.74) is 0.588. The molecule has 146 valence electrons. The molecule has 1 aromatic rings. The normalized spacial score (nSPS) is 16.1. The monoisotopic (exact) mass is 384 g/mol. The maximum absolute atomic E-state index is 12.2. The summed E-state index contributed by atoms with van der Waals surface area (Å²) >= 11 is 0. The molecule has 0 aliphatic carbocycles. The van der Waals surface area contributed by atoms with Crippen LogP contribution in [0.5, 0.6) is 11.5 Å². The van der Waals surface area contributed by atoms with Crippen molar-refractivity contribution < 1.29 is 19.1 Å². The highest BCUT2D eigenvalue weighted by Crippen LogP contribution is 2.28. The van der Waals surface area contributed by atoms with E-state index in [1.165, 1.54) is 6.92 Å². The molecule has 1 heterocycles. The Bertz CT molecular complexity index is 609. The van der Waals surface area contributed by atoms with E-state index in [4.69, 9.17) is 9.47 Å². The molecule has 0 saturated carbocycles. The largest absolute Gasteiger partial charge is 0.493 e. The van der Waals surface area contributed by atoms with Gasteiger partial charge in [-0.05, 0) is 57.5 Å². The molecule has 1 aromatic carbocycles. The van der Waals surface area contributed by atoms with E-state index in [9.17, 15) is 9.59 Å². The number of Topliss-reactive ketones (excluding diaryl/α,β-unsaturated/α-hetero) is 1. The summed E-state index contributed by atoms with van der Waals surface area (Å²) in [5.74, 6) is 1.87. The number of amides is 1. The SMILES string of the molecule is CNCC1CCN(C(=O)CCCOc2ccc(C(C)=O)cc2OC)C1.Cl. The molecule has 0 spiro atoms. The zero-order chi connectivity index (χ0) is 18.2. The van der Waals surface area contributed by atoms with Crippen molar-refractivity contribution in [1.82, 2.24) is 10.2 Å². The fourth-order valence-corrected chi connectivity index (χ4v) is 3.08. The minimum Gasteiger partial charge on any atom is -0.493 e. The second-order valence-electron chi connectivity index (χ2n) is 6.43. The predicted octanol–water partition coefficient (Wildman–Crippen LogP) is 2.55. The summed E-state index contributed by atoms with van der Waals surface area (Å²) in [6, 6.07) is 5.13. The fourth-order valence-electron chi connectivity index (χ4n) is 3.08. The van der Waals surface area contributed by atoms with Crippen molar-refractivity contribution in [3.63, 3.8) is 0 Å². The molecule has 1 N–H and O–H groups in total. The van der Waals surface area contributed by atoms with Crippen LogP contribution in [0.3, 0.4) is 0 Å². The molecule has 1 amide bonds. The number of carbonyl (C=O) groups is 2. The topological polar surface area (TPSA) is 67.9 Å². The summed E-state index contributed by atoms with van der Waals surface area (Å²) in [7, 11) is 3.49. The average molecular weight is 385 g/mol. The van der Waals surface area contributed by atoms with E-state index in [-0.39, 0.29) is 24.1 Å². The number of rotatable bonds is 9. The average Bonchev–Trinajstić information content (AvgIpc) is 3.07. The van der Waals surface area contributed by atoms with Crippen LogP contribution in [0.15, 0.2) is 18.2 Å². The van der Waals surface area contributed by atoms with Gasteiger partial charge in [-0.1, -0.05) is 0 Å². The number of likely N-dealkylation sites (tertiary alicyclic amines) is 1. The Morgan fingerprint density at radius 1 is 1.31 bits per heavy atom.